The van der Waals surface area contributed by atoms with Crippen LogP contribution in [0.4, 0.5) is 0 Å². The molecule has 0 aromatic heterocycles. The van der Waals surface area contributed by atoms with Gasteiger partial charge in [-0.2, -0.15) is 11.8 Å². The quantitative estimate of drug-likeness (QED) is 0.0510. The molecular weight excluding hydrogens is 617 g/mol. The van der Waals surface area contributed by atoms with Gasteiger partial charge in [-0.3, -0.25) is 0 Å². The van der Waals surface area contributed by atoms with Crippen LogP contribution in [0.2, 0.25) is 0 Å². The van der Waals surface area contributed by atoms with E-state index < -0.39 is 0 Å². The molecule has 1 rings (SSSR count). The first-order valence-corrected chi connectivity index (χ1v) is 21.9. The highest BCUT2D eigenvalue weighted by Gasteiger charge is 2.10. The Labute approximate surface area is 310 Å². The summed E-state index contributed by atoms with van der Waals surface area (Å²) in [6, 6.07) is 10.8. The van der Waals surface area contributed by atoms with Gasteiger partial charge < -0.3 is 9.47 Å². The van der Waals surface area contributed by atoms with Crippen molar-refractivity contribution >= 4 is 11.8 Å². The van der Waals surface area contributed by atoms with E-state index in [4.69, 9.17) is 9.47 Å². The Hall–Kier alpha value is -1.55. The summed E-state index contributed by atoms with van der Waals surface area (Å²) in [6.07, 6.45) is 49.7. The molecule has 0 amide bonds. The molecule has 280 valence electrons. The van der Waals surface area contributed by atoms with E-state index in [9.17, 15) is 0 Å². The fraction of sp³-hybridized carbons (Fsp3) is 0.696. The highest BCUT2D eigenvalue weighted by Crippen LogP contribution is 2.16. The lowest BCUT2D eigenvalue weighted by atomic mass is 10.1. The summed E-state index contributed by atoms with van der Waals surface area (Å²) in [7, 11) is 0. The molecule has 0 radical (unpaired) electrons. The van der Waals surface area contributed by atoms with Gasteiger partial charge in [0.15, 0.2) is 0 Å². The van der Waals surface area contributed by atoms with Crippen LogP contribution < -0.4 is 0 Å². The number of benzene rings is 1. The fourth-order valence-corrected chi connectivity index (χ4v) is 6.78. The van der Waals surface area contributed by atoms with Gasteiger partial charge in [0, 0.05) is 24.7 Å². The van der Waals surface area contributed by atoms with Crippen LogP contribution in [0.5, 0.6) is 0 Å². The average molecular weight is 695 g/mol. The van der Waals surface area contributed by atoms with Gasteiger partial charge in [-0.25, -0.2) is 0 Å². The second-order valence-corrected chi connectivity index (χ2v) is 14.8. The van der Waals surface area contributed by atoms with Gasteiger partial charge in [-0.1, -0.05) is 170 Å². The minimum absolute atomic E-state index is 0.191. The van der Waals surface area contributed by atoms with Gasteiger partial charge >= 0.3 is 0 Å². The molecule has 0 N–H and O–H groups in total. The topological polar surface area (TPSA) is 18.5 Å². The maximum Gasteiger partial charge on any atom is 0.0898 e. The van der Waals surface area contributed by atoms with Gasteiger partial charge in [0.1, 0.15) is 0 Å². The monoisotopic (exact) mass is 695 g/mol. The van der Waals surface area contributed by atoms with Crippen molar-refractivity contribution in [2.24, 2.45) is 0 Å². The Morgan fingerprint density at radius 3 is 1.47 bits per heavy atom. The summed E-state index contributed by atoms with van der Waals surface area (Å²) >= 11 is 1.97. The van der Waals surface area contributed by atoms with Crippen molar-refractivity contribution in [2.45, 2.75) is 180 Å². The minimum atomic E-state index is 0.191. The van der Waals surface area contributed by atoms with Gasteiger partial charge in [-0.05, 0) is 82.6 Å². The van der Waals surface area contributed by atoms with Gasteiger partial charge in [0.2, 0.25) is 0 Å². The zero-order valence-electron chi connectivity index (χ0n) is 32.3. The Morgan fingerprint density at radius 2 is 0.959 bits per heavy atom. The number of rotatable bonds is 37. The van der Waals surface area contributed by atoms with Crippen molar-refractivity contribution in [3.05, 3.63) is 84.5 Å². The van der Waals surface area contributed by atoms with Gasteiger partial charge in [0.05, 0.1) is 12.7 Å². The predicted molar refractivity (Wildman–Crippen MR) is 222 cm³/mol. The van der Waals surface area contributed by atoms with Crippen LogP contribution in [0.1, 0.15) is 174 Å². The predicted octanol–water partition coefficient (Wildman–Crippen LogP) is 14.9. The number of ether oxygens (including phenoxy) is 2. The van der Waals surface area contributed by atoms with Crippen molar-refractivity contribution in [1.82, 2.24) is 0 Å². The van der Waals surface area contributed by atoms with Crippen molar-refractivity contribution in [2.75, 3.05) is 25.6 Å². The molecule has 1 unspecified atom stereocenters. The van der Waals surface area contributed by atoms with E-state index in [1.807, 2.05) is 11.8 Å². The maximum absolute atomic E-state index is 6.36. The number of hydrogen-bond donors (Lipinski definition) is 0. The molecule has 49 heavy (non-hydrogen) atoms. The minimum Gasteiger partial charge on any atom is -0.379 e. The van der Waals surface area contributed by atoms with E-state index in [-0.39, 0.29) is 6.10 Å². The summed E-state index contributed by atoms with van der Waals surface area (Å²) in [5.41, 5.74) is 1.39. The van der Waals surface area contributed by atoms with Crippen LogP contribution in [0, 0.1) is 0 Å². The largest absolute Gasteiger partial charge is 0.379 e. The third kappa shape index (κ3) is 34.7. The van der Waals surface area contributed by atoms with E-state index in [0.29, 0.717) is 0 Å². The Balaban J connectivity index is 2.07. The zero-order chi connectivity index (χ0) is 35.0. The molecule has 1 aromatic rings. The highest BCUT2D eigenvalue weighted by atomic mass is 32.2. The van der Waals surface area contributed by atoms with Crippen molar-refractivity contribution < 1.29 is 9.47 Å². The summed E-state index contributed by atoms with van der Waals surface area (Å²) < 4.78 is 12.5. The Kier molecular flexibility index (Phi) is 36.4. The molecule has 0 aliphatic rings. The van der Waals surface area contributed by atoms with Gasteiger partial charge in [-0.15, -0.1) is 0 Å². The molecule has 0 heterocycles. The molecule has 0 aliphatic carbocycles. The summed E-state index contributed by atoms with van der Waals surface area (Å²) in [6.45, 7) is 6.98. The average Bonchev–Trinajstić information content (AvgIpc) is 3.12. The van der Waals surface area contributed by atoms with Crippen LogP contribution >= 0.6 is 11.8 Å². The molecular formula is C46H78O2S. The van der Waals surface area contributed by atoms with Gasteiger partial charge in [0.25, 0.3) is 0 Å². The van der Waals surface area contributed by atoms with E-state index in [1.165, 1.54) is 140 Å². The first-order valence-electron chi connectivity index (χ1n) is 20.8. The smallest absolute Gasteiger partial charge is 0.0898 e. The third-order valence-corrected chi connectivity index (χ3v) is 10.1. The molecule has 0 bridgehead atoms. The first-order chi connectivity index (χ1) is 24.4. The Morgan fingerprint density at radius 1 is 0.510 bits per heavy atom. The molecule has 1 atom stereocenters. The molecule has 1 aromatic carbocycles. The number of unbranched alkanes of at least 4 members (excludes halogenated alkanes) is 18. The highest BCUT2D eigenvalue weighted by molar-refractivity contribution is 7.98. The molecule has 0 saturated carbocycles. The van der Waals surface area contributed by atoms with E-state index in [1.54, 1.807) is 0 Å². The molecule has 0 fully saturated rings. The second kappa shape index (κ2) is 39.2. The SMILES string of the molecule is CCCCCC=CCC=CCCCCCCCCOCC(CSCc1ccccc1)OCCCCCCCCC=CCC=CCCCCC. The van der Waals surface area contributed by atoms with Crippen LogP contribution in [-0.2, 0) is 15.2 Å². The standard InChI is InChI=1S/C46H78O2S/c1-3-5-7-9-11-13-15-17-19-21-23-25-27-29-31-36-40-47-42-46(44-49-43-45-38-34-33-35-39-45)48-41-37-32-30-28-26-24-22-20-18-16-14-12-10-8-6-4-2/h11-14,17-20,33-35,38-39,46H,3-10,15-16,21-32,36-37,40-44H2,1-2H3. The van der Waals surface area contributed by atoms with E-state index in [2.05, 4.69) is 92.8 Å². The van der Waals surface area contributed by atoms with Crippen molar-refractivity contribution in [3.8, 4) is 0 Å². The zero-order valence-corrected chi connectivity index (χ0v) is 33.1. The first kappa shape index (κ1) is 45.5. The molecule has 2 nitrogen and oxygen atoms in total. The fourth-order valence-electron chi connectivity index (χ4n) is 5.77. The van der Waals surface area contributed by atoms with Crippen LogP contribution in [-0.4, -0.2) is 31.7 Å². The summed E-state index contributed by atoms with van der Waals surface area (Å²) in [5.74, 6) is 2.04. The summed E-state index contributed by atoms with van der Waals surface area (Å²) in [4.78, 5) is 0. The second-order valence-electron chi connectivity index (χ2n) is 13.7. The number of thioether (sulfide) groups is 1. The van der Waals surface area contributed by atoms with Crippen LogP contribution in [0.3, 0.4) is 0 Å². The van der Waals surface area contributed by atoms with Crippen molar-refractivity contribution in [1.29, 1.82) is 0 Å². The number of allylic oxidation sites excluding steroid dienone is 8. The Bertz CT molecular complexity index is 890. The van der Waals surface area contributed by atoms with Crippen molar-refractivity contribution in [3.63, 3.8) is 0 Å². The normalized spacial score (nSPS) is 12.9. The van der Waals surface area contributed by atoms with E-state index >= 15 is 0 Å². The van der Waals surface area contributed by atoms with E-state index in [0.717, 1.165) is 50.6 Å². The molecule has 0 aliphatic heterocycles. The molecule has 3 heteroatoms. The summed E-state index contributed by atoms with van der Waals surface area (Å²) in [5, 5.41) is 0. The van der Waals surface area contributed by atoms with Crippen LogP contribution in [0.25, 0.3) is 0 Å². The lowest BCUT2D eigenvalue weighted by Gasteiger charge is -2.18. The maximum atomic E-state index is 6.36. The third-order valence-electron chi connectivity index (χ3n) is 8.91. The van der Waals surface area contributed by atoms with Crippen LogP contribution in [0.15, 0.2) is 78.9 Å². The molecule has 0 saturated heterocycles. The number of hydrogen-bond acceptors (Lipinski definition) is 3. The lowest BCUT2D eigenvalue weighted by Crippen LogP contribution is -2.23. The lowest BCUT2D eigenvalue weighted by molar-refractivity contribution is -0.00622. The molecule has 0 spiro atoms.